The van der Waals surface area contributed by atoms with E-state index in [1.807, 2.05) is 31.3 Å². The van der Waals surface area contributed by atoms with Crippen LogP contribution in [0.4, 0.5) is 0 Å². The molecule has 1 amide bonds. The van der Waals surface area contributed by atoms with E-state index >= 15 is 0 Å². The standard InChI is InChI=1S/C14H19BrN2O/c1-17(9-11-4-6-12(15)7-5-11)14(18)13(16)8-10-2-3-10/h4-7,10,13H,2-3,8-9,16H2,1H3/t13-/m0/s1. The number of nitrogens with two attached hydrogens (primary N) is 1. The lowest BCUT2D eigenvalue weighted by atomic mass is 10.1. The number of rotatable bonds is 5. The topological polar surface area (TPSA) is 46.3 Å². The van der Waals surface area contributed by atoms with Crippen LogP contribution in [-0.4, -0.2) is 23.9 Å². The maximum atomic E-state index is 12.1. The van der Waals surface area contributed by atoms with Crippen LogP contribution in [0.3, 0.4) is 0 Å². The predicted molar refractivity (Wildman–Crippen MR) is 75.9 cm³/mol. The zero-order valence-corrected chi connectivity index (χ0v) is 12.2. The molecule has 3 nitrogen and oxygen atoms in total. The number of carbonyl (C=O) groups is 1. The Hall–Kier alpha value is -0.870. The minimum atomic E-state index is -0.335. The molecule has 0 aliphatic heterocycles. The van der Waals surface area contributed by atoms with E-state index in [1.54, 1.807) is 4.90 Å². The molecule has 1 aliphatic carbocycles. The molecule has 1 aliphatic rings. The summed E-state index contributed by atoms with van der Waals surface area (Å²) >= 11 is 3.40. The van der Waals surface area contributed by atoms with Crippen molar-refractivity contribution in [3.05, 3.63) is 34.3 Å². The van der Waals surface area contributed by atoms with Gasteiger partial charge in [-0.25, -0.2) is 0 Å². The third-order valence-corrected chi connectivity index (χ3v) is 3.84. The number of carbonyl (C=O) groups excluding carboxylic acids is 1. The molecule has 1 atom stereocenters. The number of hydrogen-bond donors (Lipinski definition) is 1. The molecule has 1 aromatic carbocycles. The summed E-state index contributed by atoms with van der Waals surface area (Å²) in [5.41, 5.74) is 7.06. The largest absolute Gasteiger partial charge is 0.340 e. The van der Waals surface area contributed by atoms with E-state index in [4.69, 9.17) is 5.73 Å². The van der Waals surface area contributed by atoms with Gasteiger partial charge in [-0.3, -0.25) is 4.79 Å². The van der Waals surface area contributed by atoms with Crippen molar-refractivity contribution in [2.45, 2.75) is 31.8 Å². The first-order chi connectivity index (χ1) is 8.56. The zero-order chi connectivity index (χ0) is 13.1. The summed E-state index contributed by atoms with van der Waals surface area (Å²) in [6, 6.07) is 7.66. The van der Waals surface area contributed by atoms with Crippen molar-refractivity contribution in [2.24, 2.45) is 11.7 Å². The monoisotopic (exact) mass is 310 g/mol. The van der Waals surface area contributed by atoms with Gasteiger partial charge in [0.15, 0.2) is 0 Å². The molecule has 2 rings (SSSR count). The third kappa shape index (κ3) is 3.82. The maximum absolute atomic E-state index is 12.1. The van der Waals surface area contributed by atoms with Gasteiger partial charge < -0.3 is 10.6 Å². The van der Waals surface area contributed by atoms with Crippen molar-refractivity contribution in [2.75, 3.05) is 7.05 Å². The highest BCUT2D eigenvalue weighted by Gasteiger charge is 2.28. The molecule has 0 spiro atoms. The second-order valence-corrected chi connectivity index (χ2v) is 6.02. The van der Waals surface area contributed by atoms with Crippen LogP contribution in [0.1, 0.15) is 24.8 Å². The Labute approximate surface area is 116 Å². The average molecular weight is 311 g/mol. The summed E-state index contributed by atoms with van der Waals surface area (Å²) in [6.45, 7) is 0.616. The van der Waals surface area contributed by atoms with Crippen LogP contribution >= 0.6 is 15.9 Å². The van der Waals surface area contributed by atoms with Crippen molar-refractivity contribution >= 4 is 21.8 Å². The molecular weight excluding hydrogens is 292 g/mol. The highest BCUT2D eigenvalue weighted by atomic mass is 79.9. The van der Waals surface area contributed by atoms with Crippen molar-refractivity contribution in [3.8, 4) is 0 Å². The van der Waals surface area contributed by atoms with E-state index in [-0.39, 0.29) is 11.9 Å². The van der Waals surface area contributed by atoms with Gasteiger partial charge in [0.05, 0.1) is 6.04 Å². The molecule has 2 N–H and O–H groups in total. The molecule has 0 unspecified atom stereocenters. The first kappa shape index (κ1) is 13.6. The number of halogens is 1. The number of likely N-dealkylation sites (N-methyl/N-ethyl adjacent to an activating group) is 1. The van der Waals surface area contributed by atoms with Gasteiger partial charge in [-0.05, 0) is 30.0 Å². The van der Waals surface area contributed by atoms with Gasteiger partial charge in [-0.15, -0.1) is 0 Å². The van der Waals surface area contributed by atoms with E-state index < -0.39 is 0 Å². The van der Waals surface area contributed by atoms with E-state index in [0.717, 1.165) is 16.5 Å². The summed E-state index contributed by atoms with van der Waals surface area (Å²) in [7, 11) is 1.82. The van der Waals surface area contributed by atoms with Crippen LogP contribution < -0.4 is 5.73 Å². The lowest BCUT2D eigenvalue weighted by Gasteiger charge is -2.21. The van der Waals surface area contributed by atoms with Crippen LogP contribution in [0, 0.1) is 5.92 Å². The van der Waals surface area contributed by atoms with Crippen molar-refractivity contribution < 1.29 is 4.79 Å². The van der Waals surface area contributed by atoms with Crippen molar-refractivity contribution in [1.82, 2.24) is 4.90 Å². The molecule has 18 heavy (non-hydrogen) atoms. The molecule has 98 valence electrons. The molecule has 1 fully saturated rings. The molecule has 1 saturated carbocycles. The molecule has 0 bridgehead atoms. The summed E-state index contributed by atoms with van der Waals surface area (Å²) in [5.74, 6) is 0.731. The SMILES string of the molecule is CN(Cc1ccc(Br)cc1)C(=O)[C@@H](N)CC1CC1. The van der Waals surface area contributed by atoms with Crippen LogP contribution in [0.5, 0.6) is 0 Å². The predicted octanol–water partition coefficient (Wildman–Crippen LogP) is 2.53. The molecule has 0 aromatic heterocycles. The van der Waals surface area contributed by atoms with Crippen molar-refractivity contribution in [1.29, 1.82) is 0 Å². The van der Waals surface area contributed by atoms with E-state index in [0.29, 0.717) is 12.5 Å². The first-order valence-electron chi connectivity index (χ1n) is 6.31. The Morgan fingerprint density at radius 3 is 2.61 bits per heavy atom. The molecule has 0 radical (unpaired) electrons. The summed E-state index contributed by atoms with van der Waals surface area (Å²) < 4.78 is 1.05. The van der Waals surface area contributed by atoms with Crippen LogP contribution in [-0.2, 0) is 11.3 Å². The fourth-order valence-corrected chi connectivity index (χ4v) is 2.30. The fraction of sp³-hybridized carbons (Fsp3) is 0.500. The number of hydrogen-bond acceptors (Lipinski definition) is 2. The van der Waals surface area contributed by atoms with Gasteiger partial charge in [0.2, 0.25) is 5.91 Å². The summed E-state index contributed by atoms with van der Waals surface area (Å²) in [5, 5.41) is 0. The Kier molecular flexibility index (Phi) is 4.40. The van der Waals surface area contributed by atoms with E-state index in [9.17, 15) is 4.79 Å². The fourth-order valence-electron chi connectivity index (χ4n) is 2.04. The van der Waals surface area contributed by atoms with Crippen LogP contribution in [0.15, 0.2) is 28.7 Å². The van der Waals surface area contributed by atoms with Gasteiger partial charge in [-0.2, -0.15) is 0 Å². The summed E-state index contributed by atoms with van der Waals surface area (Å²) in [6.07, 6.45) is 3.30. The first-order valence-corrected chi connectivity index (χ1v) is 7.10. The van der Waals surface area contributed by atoms with Gasteiger partial charge in [-0.1, -0.05) is 40.9 Å². The minimum absolute atomic E-state index is 0.0461. The Bertz CT molecular complexity index is 414. The number of amides is 1. The van der Waals surface area contributed by atoms with Crippen LogP contribution in [0.2, 0.25) is 0 Å². The quantitative estimate of drug-likeness (QED) is 0.908. The third-order valence-electron chi connectivity index (χ3n) is 3.31. The normalized spacial score (nSPS) is 16.4. The molecular formula is C14H19BrN2O. The number of benzene rings is 1. The zero-order valence-electron chi connectivity index (χ0n) is 10.6. The van der Waals surface area contributed by atoms with E-state index in [1.165, 1.54) is 12.8 Å². The Balaban J connectivity index is 1.87. The Morgan fingerprint density at radius 2 is 2.06 bits per heavy atom. The van der Waals surface area contributed by atoms with E-state index in [2.05, 4.69) is 15.9 Å². The van der Waals surface area contributed by atoms with Gasteiger partial charge in [0.1, 0.15) is 0 Å². The second kappa shape index (κ2) is 5.85. The van der Waals surface area contributed by atoms with Gasteiger partial charge >= 0.3 is 0 Å². The molecule has 4 heteroatoms. The molecule has 1 aromatic rings. The average Bonchev–Trinajstić information content (AvgIpc) is 3.15. The lowest BCUT2D eigenvalue weighted by molar-refractivity contribution is -0.132. The van der Waals surface area contributed by atoms with Crippen LogP contribution in [0.25, 0.3) is 0 Å². The molecule has 0 saturated heterocycles. The second-order valence-electron chi connectivity index (χ2n) is 5.11. The minimum Gasteiger partial charge on any atom is -0.340 e. The maximum Gasteiger partial charge on any atom is 0.239 e. The molecule has 0 heterocycles. The number of nitrogens with zero attached hydrogens (tertiary/aromatic N) is 1. The van der Waals surface area contributed by atoms with Gasteiger partial charge in [0, 0.05) is 18.1 Å². The Morgan fingerprint density at radius 1 is 1.44 bits per heavy atom. The lowest BCUT2D eigenvalue weighted by Crippen LogP contribution is -2.41. The highest BCUT2D eigenvalue weighted by Crippen LogP contribution is 2.33. The summed E-state index contributed by atoms with van der Waals surface area (Å²) in [4.78, 5) is 13.8. The highest BCUT2D eigenvalue weighted by molar-refractivity contribution is 9.10. The van der Waals surface area contributed by atoms with Gasteiger partial charge in [0.25, 0.3) is 0 Å². The smallest absolute Gasteiger partial charge is 0.239 e. The van der Waals surface area contributed by atoms with Crippen molar-refractivity contribution in [3.63, 3.8) is 0 Å².